The van der Waals surface area contributed by atoms with Gasteiger partial charge in [-0.05, 0) is 31.4 Å². The minimum atomic E-state index is -0.575. The number of benzene rings is 1. The zero-order chi connectivity index (χ0) is 18.1. The lowest BCUT2D eigenvalue weighted by Crippen LogP contribution is -2.53. The molecule has 0 aliphatic carbocycles. The molecule has 25 heavy (non-hydrogen) atoms. The number of hydrogen-bond acceptors (Lipinski definition) is 3. The zero-order valence-corrected chi connectivity index (χ0v) is 16.5. The highest BCUT2D eigenvalue weighted by Crippen LogP contribution is 2.08. The number of hydrogen-bond donors (Lipinski definition) is 3. The molecule has 2 atom stereocenters. The molecule has 0 radical (unpaired) electrons. The van der Waals surface area contributed by atoms with E-state index >= 15 is 0 Å². The van der Waals surface area contributed by atoms with Crippen LogP contribution in [0.4, 0.5) is 0 Å². The fraction of sp³-hybridized carbons (Fsp3) is 0.579. The van der Waals surface area contributed by atoms with Gasteiger partial charge in [0.05, 0.1) is 0 Å². The summed E-state index contributed by atoms with van der Waals surface area (Å²) < 4.78 is 0. The summed E-state index contributed by atoms with van der Waals surface area (Å²) >= 11 is 0. The molecule has 1 aromatic rings. The van der Waals surface area contributed by atoms with Crippen molar-refractivity contribution in [2.45, 2.75) is 59.0 Å². The van der Waals surface area contributed by atoms with E-state index in [1.807, 2.05) is 39.0 Å². The maximum atomic E-state index is 12.6. The smallest absolute Gasteiger partial charge is 0.251 e. The lowest BCUT2D eigenvalue weighted by atomic mass is 10.0. The molecule has 0 aliphatic rings. The first-order chi connectivity index (χ1) is 11.4. The summed E-state index contributed by atoms with van der Waals surface area (Å²) in [6.07, 6.45) is 2.93. The molecule has 0 bridgehead atoms. The number of aryl methyl sites for hydroxylation is 1. The van der Waals surface area contributed by atoms with Crippen LogP contribution < -0.4 is 16.4 Å². The van der Waals surface area contributed by atoms with Crippen LogP contribution in [-0.4, -0.2) is 30.4 Å². The Morgan fingerprint density at radius 1 is 1.20 bits per heavy atom. The molecule has 2 amide bonds. The SMILES string of the molecule is CCCCC(CN)NC(=O)C(NC(=O)c1cccc(C)c1)C(C)C.Cl. The summed E-state index contributed by atoms with van der Waals surface area (Å²) in [5.41, 5.74) is 7.32. The number of carbonyl (C=O) groups is 2. The maximum absolute atomic E-state index is 12.6. The second-order valence-corrected chi connectivity index (χ2v) is 6.65. The van der Waals surface area contributed by atoms with Crippen molar-refractivity contribution in [3.63, 3.8) is 0 Å². The summed E-state index contributed by atoms with van der Waals surface area (Å²) in [5, 5.41) is 5.83. The number of unbranched alkanes of at least 4 members (excludes halogenated alkanes) is 1. The molecule has 142 valence electrons. The molecular weight excluding hydrogens is 338 g/mol. The Bertz CT molecular complexity index is 549. The van der Waals surface area contributed by atoms with E-state index in [9.17, 15) is 9.59 Å². The van der Waals surface area contributed by atoms with Gasteiger partial charge in [0, 0.05) is 18.2 Å². The van der Waals surface area contributed by atoms with E-state index in [0.29, 0.717) is 12.1 Å². The lowest BCUT2D eigenvalue weighted by molar-refractivity contribution is -0.124. The molecule has 0 saturated carbocycles. The van der Waals surface area contributed by atoms with E-state index in [4.69, 9.17) is 5.73 Å². The van der Waals surface area contributed by atoms with Crippen molar-refractivity contribution in [1.29, 1.82) is 0 Å². The van der Waals surface area contributed by atoms with Gasteiger partial charge in [0.2, 0.25) is 5.91 Å². The van der Waals surface area contributed by atoms with E-state index in [0.717, 1.165) is 24.8 Å². The van der Waals surface area contributed by atoms with Gasteiger partial charge in [-0.2, -0.15) is 0 Å². The van der Waals surface area contributed by atoms with Crippen LogP contribution in [0.15, 0.2) is 24.3 Å². The van der Waals surface area contributed by atoms with Crippen LogP contribution in [0.3, 0.4) is 0 Å². The third-order valence-corrected chi connectivity index (χ3v) is 4.05. The largest absolute Gasteiger partial charge is 0.350 e. The van der Waals surface area contributed by atoms with Gasteiger partial charge in [-0.25, -0.2) is 0 Å². The number of nitrogens with two attached hydrogens (primary N) is 1. The summed E-state index contributed by atoms with van der Waals surface area (Å²) in [4.78, 5) is 25.0. The average molecular weight is 370 g/mol. The van der Waals surface area contributed by atoms with E-state index in [2.05, 4.69) is 17.6 Å². The molecule has 2 unspecified atom stereocenters. The second kappa shape index (κ2) is 11.9. The van der Waals surface area contributed by atoms with Crippen molar-refractivity contribution in [2.75, 3.05) is 6.54 Å². The highest BCUT2D eigenvalue weighted by Gasteiger charge is 2.26. The minimum absolute atomic E-state index is 0. The van der Waals surface area contributed by atoms with Gasteiger partial charge in [0.1, 0.15) is 6.04 Å². The molecule has 0 aromatic heterocycles. The first-order valence-corrected chi connectivity index (χ1v) is 8.77. The van der Waals surface area contributed by atoms with Crippen molar-refractivity contribution in [1.82, 2.24) is 10.6 Å². The molecule has 0 saturated heterocycles. The van der Waals surface area contributed by atoms with Gasteiger partial charge < -0.3 is 16.4 Å². The van der Waals surface area contributed by atoms with Crippen LogP contribution in [0.25, 0.3) is 0 Å². The van der Waals surface area contributed by atoms with Gasteiger partial charge in [0.15, 0.2) is 0 Å². The maximum Gasteiger partial charge on any atom is 0.251 e. The van der Waals surface area contributed by atoms with Gasteiger partial charge in [-0.15, -0.1) is 12.4 Å². The third-order valence-electron chi connectivity index (χ3n) is 4.05. The van der Waals surface area contributed by atoms with Gasteiger partial charge >= 0.3 is 0 Å². The van der Waals surface area contributed by atoms with Gasteiger partial charge in [-0.1, -0.05) is 51.3 Å². The molecule has 0 heterocycles. The predicted molar refractivity (Wildman–Crippen MR) is 105 cm³/mol. The number of nitrogens with one attached hydrogen (secondary N) is 2. The Morgan fingerprint density at radius 3 is 2.40 bits per heavy atom. The Morgan fingerprint density at radius 2 is 1.88 bits per heavy atom. The zero-order valence-electron chi connectivity index (χ0n) is 15.7. The summed E-state index contributed by atoms with van der Waals surface area (Å²) in [5.74, 6) is -0.411. The van der Waals surface area contributed by atoms with Crippen LogP contribution in [0.5, 0.6) is 0 Å². The van der Waals surface area contributed by atoms with Crippen molar-refractivity contribution >= 4 is 24.2 Å². The normalized spacial score (nSPS) is 12.9. The van der Waals surface area contributed by atoms with E-state index in [1.165, 1.54) is 0 Å². The molecule has 0 spiro atoms. The van der Waals surface area contributed by atoms with Crippen molar-refractivity contribution in [3.8, 4) is 0 Å². The minimum Gasteiger partial charge on any atom is -0.350 e. The third kappa shape index (κ3) is 7.88. The highest BCUT2D eigenvalue weighted by atomic mass is 35.5. The second-order valence-electron chi connectivity index (χ2n) is 6.65. The average Bonchev–Trinajstić information content (AvgIpc) is 2.55. The Kier molecular flexibility index (Phi) is 11.1. The summed E-state index contributed by atoms with van der Waals surface area (Å²) in [6.45, 7) is 8.29. The quantitative estimate of drug-likeness (QED) is 0.625. The van der Waals surface area contributed by atoms with Crippen LogP contribution >= 0.6 is 12.4 Å². The van der Waals surface area contributed by atoms with Crippen LogP contribution in [0.2, 0.25) is 0 Å². The summed E-state index contributed by atoms with van der Waals surface area (Å²) in [6, 6.07) is 6.71. The molecule has 0 fully saturated rings. The van der Waals surface area contributed by atoms with Crippen molar-refractivity contribution < 1.29 is 9.59 Å². The molecule has 1 aromatic carbocycles. The van der Waals surface area contributed by atoms with Gasteiger partial charge in [0.25, 0.3) is 5.91 Å². The van der Waals surface area contributed by atoms with Gasteiger partial charge in [-0.3, -0.25) is 9.59 Å². The number of halogens is 1. The number of carbonyl (C=O) groups excluding carboxylic acids is 2. The Hall–Kier alpha value is -1.59. The Labute approximate surface area is 157 Å². The van der Waals surface area contributed by atoms with Crippen molar-refractivity contribution in [3.05, 3.63) is 35.4 Å². The van der Waals surface area contributed by atoms with Crippen molar-refractivity contribution in [2.24, 2.45) is 11.7 Å². The molecule has 4 N–H and O–H groups in total. The molecular formula is C19H32ClN3O2. The van der Waals surface area contributed by atoms with Crippen LogP contribution in [0, 0.1) is 12.8 Å². The summed E-state index contributed by atoms with van der Waals surface area (Å²) in [7, 11) is 0. The Balaban J connectivity index is 0.00000576. The standard InChI is InChI=1S/C19H31N3O2.ClH/c1-5-6-10-16(12-20)21-19(24)17(13(2)3)22-18(23)15-9-7-8-14(4)11-15;/h7-9,11,13,16-17H,5-6,10,12,20H2,1-4H3,(H,21,24)(H,22,23);1H. The number of amides is 2. The lowest BCUT2D eigenvalue weighted by Gasteiger charge is -2.25. The predicted octanol–water partition coefficient (Wildman–Crippen LogP) is 2.80. The van der Waals surface area contributed by atoms with E-state index in [-0.39, 0.29) is 36.2 Å². The molecule has 6 heteroatoms. The molecule has 5 nitrogen and oxygen atoms in total. The monoisotopic (exact) mass is 369 g/mol. The fourth-order valence-electron chi connectivity index (χ4n) is 2.54. The van der Waals surface area contributed by atoms with E-state index < -0.39 is 6.04 Å². The highest BCUT2D eigenvalue weighted by molar-refractivity contribution is 5.97. The topological polar surface area (TPSA) is 84.2 Å². The first kappa shape index (κ1) is 23.4. The van der Waals surface area contributed by atoms with Crippen LogP contribution in [0.1, 0.15) is 56.0 Å². The van der Waals surface area contributed by atoms with E-state index in [1.54, 1.807) is 6.07 Å². The molecule has 0 aliphatic heterocycles. The number of rotatable bonds is 9. The molecule has 1 rings (SSSR count). The first-order valence-electron chi connectivity index (χ1n) is 8.77. The van der Waals surface area contributed by atoms with Crippen LogP contribution in [-0.2, 0) is 4.79 Å². The fourth-order valence-corrected chi connectivity index (χ4v) is 2.54.